The van der Waals surface area contributed by atoms with Gasteiger partial charge in [-0.3, -0.25) is 0 Å². The van der Waals surface area contributed by atoms with E-state index in [4.69, 9.17) is 21.3 Å². The topological polar surface area (TPSA) is 25.4 Å². The van der Waals surface area contributed by atoms with Gasteiger partial charge in [-0.15, -0.1) is 11.6 Å². The Kier molecular flexibility index (Phi) is 5.06. The number of pyridine rings is 1. The van der Waals surface area contributed by atoms with E-state index in [1.807, 2.05) is 0 Å². The molecule has 106 valence electrons. The molecule has 1 atom stereocenters. The largest absolute Gasteiger partial charge is 0.377 e. The molecule has 0 aromatic carbocycles. The smallest absolute Gasteiger partial charge is 0.129 e. The Morgan fingerprint density at radius 1 is 1.47 bits per heavy atom. The predicted molar refractivity (Wildman–Crippen MR) is 80.1 cm³/mol. The lowest BCUT2D eigenvalue weighted by Gasteiger charge is -2.24. The van der Waals surface area contributed by atoms with E-state index in [9.17, 15) is 0 Å². The monoisotopic (exact) mass is 282 g/mol. The second kappa shape index (κ2) is 6.58. The first-order valence-corrected chi connectivity index (χ1v) is 7.57. The first-order valence-electron chi connectivity index (χ1n) is 7.03. The lowest BCUT2D eigenvalue weighted by atomic mass is 10.1. The number of ether oxygens (including phenoxy) is 1. The molecule has 1 saturated heterocycles. The van der Waals surface area contributed by atoms with Gasteiger partial charge in [-0.2, -0.15) is 0 Å². The van der Waals surface area contributed by atoms with Crippen LogP contribution in [0.2, 0.25) is 0 Å². The highest BCUT2D eigenvalue weighted by molar-refractivity contribution is 6.17. The molecule has 1 aliphatic heterocycles. The van der Waals surface area contributed by atoms with E-state index in [0.29, 0.717) is 11.8 Å². The number of hydrogen-bond acceptors (Lipinski definition) is 3. The number of anilines is 1. The van der Waals surface area contributed by atoms with Crippen molar-refractivity contribution in [1.82, 2.24) is 4.98 Å². The van der Waals surface area contributed by atoms with Crippen molar-refractivity contribution < 1.29 is 4.74 Å². The highest BCUT2D eigenvalue weighted by Crippen LogP contribution is 2.23. The van der Waals surface area contributed by atoms with Crippen LogP contribution >= 0.6 is 11.6 Å². The lowest BCUT2D eigenvalue weighted by molar-refractivity contribution is 0.0820. The van der Waals surface area contributed by atoms with Crippen LogP contribution in [0.3, 0.4) is 0 Å². The van der Waals surface area contributed by atoms with Crippen LogP contribution in [0.5, 0.6) is 0 Å². The van der Waals surface area contributed by atoms with E-state index >= 15 is 0 Å². The van der Waals surface area contributed by atoms with Crippen LogP contribution in [0.25, 0.3) is 0 Å². The molecule has 2 heterocycles. The molecule has 1 aromatic rings. The zero-order valence-corrected chi connectivity index (χ0v) is 12.8. The Balaban J connectivity index is 2.28. The fourth-order valence-electron chi connectivity index (χ4n) is 2.33. The van der Waals surface area contributed by atoms with Crippen molar-refractivity contribution in [3.05, 3.63) is 23.4 Å². The standard InChI is InChI=1S/C15H23ClN2O/c1-11(2)14-7-13(9-16)8-15(17-14)18-5-4-6-19-12(3)10-18/h7-8,11-12H,4-6,9-10H2,1-3H3. The maximum atomic E-state index is 6.00. The molecule has 3 nitrogen and oxygen atoms in total. The van der Waals surface area contributed by atoms with Crippen molar-refractivity contribution in [2.45, 2.75) is 45.1 Å². The molecule has 1 aliphatic rings. The average molecular weight is 283 g/mol. The fourth-order valence-corrected chi connectivity index (χ4v) is 2.49. The predicted octanol–water partition coefficient (Wildman–Crippen LogP) is 3.56. The number of hydrogen-bond donors (Lipinski definition) is 0. The van der Waals surface area contributed by atoms with E-state index < -0.39 is 0 Å². The summed E-state index contributed by atoms with van der Waals surface area (Å²) in [6.45, 7) is 9.18. The molecular formula is C15H23ClN2O. The molecule has 4 heteroatoms. The Hall–Kier alpha value is -0.800. The molecule has 1 fully saturated rings. The van der Waals surface area contributed by atoms with Crippen molar-refractivity contribution in [2.24, 2.45) is 0 Å². The number of aromatic nitrogens is 1. The highest BCUT2D eigenvalue weighted by atomic mass is 35.5. The summed E-state index contributed by atoms with van der Waals surface area (Å²) in [5.74, 6) is 2.00. The molecule has 0 radical (unpaired) electrons. The summed E-state index contributed by atoms with van der Waals surface area (Å²) in [6.07, 6.45) is 1.31. The molecule has 0 saturated carbocycles. The van der Waals surface area contributed by atoms with Crippen molar-refractivity contribution in [1.29, 1.82) is 0 Å². The summed E-state index contributed by atoms with van der Waals surface area (Å²) in [6, 6.07) is 4.22. The van der Waals surface area contributed by atoms with Gasteiger partial charge >= 0.3 is 0 Å². The summed E-state index contributed by atoms with van der Waals surface area (Å²) in [5, 5.41) is 0. The molecule has 2 rings (SSSR count). The summed E-state index contributed by atoms with van der Waals surface area (Å²) in [4.78, 5) is 7.11. The number of nitrogens with zero attached hydrogens (tertiary/aromatic N) is 2. The minimum absolute atomic E-state index is 0.256. The number of rotatable bonds is 3. The van der Waals surface area contributed by atoms with Gasteiger partial charge in [-0.05, 0) is 37.0 Å². The second-order valence-corrected chi connectivity index (χ2v) is 5.80. The van der Waals surface area contributed by atoms with Crippen LogP contribution in [0.15, 0.2) is 12.1 Å². The van der Waals surface area contributed by atoms with E-state index in [1.165, 1.54) is 0 Å². The van der Waals surface area contributed by atoms with Crippen LogP contribution in [0, 0.1) is 0 Å². The third-order valence-electron chi connectivity index (χ3n) is 3.41. The van der Waals surface area contributed by atoms with Crippen LogP contribution in [0.4, 0.5) is 5.82 Å². The average Bonchev–Trinajstić information content (AvgIpc) is 2.62. The third-order valence-corrected chi connectivity index (χ3v) is 3.72. The Bertz CT molecular complexity index is 423. The van der Waals surface area contributed by atoms with Gasteiger partial charge in [0, 0.05) is 31.3 Å². The molecule has 1 unspecified atom stereocenters. The molecular weight excluding hydrogens is 260 g/mol. The zero-order valence-electron chi connectivity index (χ0n) is 12.0. The molecule has 1 aromatic heterocycles. The molecule has 0 N–H and O–H groups in total. The normalized spacial score (nSPS) is 20.7. The summed E-state index contributed by atoms with van der Waals surface area (Å²) >= 11 is 6.00. The SMILES string of the molecule is CC1CN(c2cc(CCl)cc(C(C)C)n2)CCCO1. The molecule has 19 heavy (non-hydrogen) atoms. The molecule has 0 bridgehead atoms. The molecule has 0 aliphatic carbocycles. The van der Waals surface area contributed by atoms with Gasteiger partial charge in [-0.1, -0.05) is 13.8 Å². The fraction of sp³-hybridized carbons (Fsp3) is 0.667. The summed E-state index contributed by atoms with van der Waals surface area (Å²) < 4.78 is 5.69. The summed E-state index contributed by atoms with van der Waals surface area (Å²) in [7, 11) is 0. The first-order chi connectivity index (χ1) is 9.10. The van der Waals surface area contributed by atoms with Crippen molar-refractivity contribution in [3.63, 3.8) is 0 Å². The lowest BCUT2D eigenvalue weighted by Crippen LogP contribution is -2.31. The van der Waals surface area contributed by atoms with Crippen LogP contribution in [-0.4, -0.2) is 30.8 Å². The van der Waals surface area contributed by atoms with Crippen molar-refractivity contribution in [3.8, 4) is 0 Å². The first kappa shape index (κ1) is 14.6. The maximum Gasteiger partial charge on any atom is 0.129 e. The quantitative estimate of drug-likeness (QED) is 0.793. The van der Waals surface area contributed by atoms with E-state index in [-0.39, 0.29) is 6.10 Å². The Morgan fingerprint density at radius 3 is 2.95 bits per heavy atom. The zero-order chi connectivity index (χ0) is 13.8. The maximum absolute atomic E-state index is 6.00. The van der Waals surface area contributed by atoms with Crippen LogP contribution in [0.1, 0.15) is 44.4 Å². The number of halogens is 1. The highest BCUT2D eigenvalue weighted by Gasteiger charge is 2.17. The van der Waals surface area contributed by atoms with Crippen molar-refractivity contribution >= 4 is 17.4 Å². The van der Waals surface area contributed by atoms with E-state index in [0.717, 1.165) is 43.2 Å². The van der Waals surface area contributed by atoms with Gasteiger partial charge in [0.25, 0.3) is 0 Å². The van der Waals surface area contributed by atoms with Gasteiger partial charge in [0.05, 0.1) is 6.10 Å². The van der Waals surface area contributed by atoms with Gasteiger partial charge in [0.1, 0.15) is 5.82 Å². The summed E-state index contributed by atoms with van der Waals surface area (Å²) in [5.41, 5.74) is 2.26. The van der Waals surface area contributed by atoms with Crippen LogP contribution < -0.4 is 4.90 Å². The van der Waals surface area contributed by atoms with Gasteiger partial charge < -0.3 is 9.64 Å². The van der Waals surface area contributed by atoms with Gasteiger partial charge in [-0.25, -0.2) is 4.98 Å². The second-order valence-electron chi connectivity index (χ2n) is 5.53. The Labute approximate surface area is 120 Å². The minimum atomic E-state index is 0.256. The number of alkyl halides is 1. The Morgan fingerprint density at radius 2 is 2.26 bits per heavy atom. The van der Waals surface area contributed by atoms with Gasteiger partial charge in [0.2, 0.25) is 0 Å². The van der Waals surface area contributed by atoms with E-state index in [1.54, 1.807) is 0 Å². The minimum Gasteiger partial charge on any atom is -0.377 e. The molecule has 0 amide bonds. The van der Waals surface area contributed by atoms with E-state index in [2.05, 4.69) is 37.8 Å². The van der Waals surface area contributed by atoms with Crippen LogP contribution in [-0.2, 0) is 10.6 Å². The third kappa shape index (κ3) is 3.83. The van der Waals surface area contributed by atoms with Gasteiger partial charge in [0.15, 0.2) is 0 Å². The molecule has 0 spiro atoms. The van der Waals surface area contributed by atoms with Crippen molar-refractivity contribution in [2.75, 3.05) is 24.6 Å².